The second kappa shape index (κ2) is 5.34. The van der Waals surface area contributed by atoms with Gasteiger partial charge in [-0.3, -0.25) is 4.72 Å². The zero-order valence-corrected chi connectivity index (χ0v) is 12.7. The molecule has 0 fully saturated rings. The zero-order valence-electron chi connectivity index (χ0n) is 11.1. The van der Waals surface area contributed by atoms with E-state index in [0.29, 0.717) is 5.69 Å². The van der Waals surface area contributed by atoms with Gasteiger partial charge >= 0.3 is 0 Å². The first-order chi connectivity index (χ1) is 9.31. The summed E-state index contributed by atoms with van der Waals surface area (Å²) in [5.74, 6) is 0. The summed E-state index contributed by atoms with van der Waals surface area (Å²) in [6.07, 6.45) is 0. The summed E-state index contributed by atoms with van der Waals surface area (Å²) in [7, 11) is -3.82. The summed E-state index contributed by atoms with van der Waals surface area (Å²) >= 11 is 5.95. The van der Waals surface area contributed by atoms with Crippen molar-refractivity contribution in [3.8, 4) is 0 Å². The van der Waals surface area contributed by atoms with Gasteiger partial charge in [0.05, 0.1) is 16.4 Å². The van der Waals surface area contributed by atoms with Crippen LogP contribution in [0.2, 0.25) is 5.02 Å². The van der Waals surface area contributed by atoms with Crippen molar-refractivity contribution in [1.29, 1.82) is 0 Å². The smallest absolute Gasteiger partial charge is 0.265 e. The van der Waals surface area contributed by atoms with Gasteiger partial charge in [-0.2, -0.15) is 0 Å². The summed E-state index contributed by atoms with van der Waals surface area (Å²) in [5.41, 5.74) is 8.24. The number of halogens is 1. The molecule has 0 aliphatic heterocycles. The second-order valence-electron chi connectivity index (χ2n) is 4.58. The van der Waals surface area contributed by atoms with Crippen molar-refractivity contribution in [3.05, 3.63) is 52.5 Å². The minimum absolute atomic E-state index is 0.0957. The SMILES string of the molecule is Cc1ccc(NS(=O)(=O)c2c(N)cccc2Cl)c(C)c1. The lowest BCUT2D eigenvalue weighted by atomic mass is 10.1. The third kappa shape index (κ3) is 2.89. The van der Waals surface area contributed by atoms with Crippen molar-refractivity contribution in [2.24, 2.45) is 0 Å². The van der Waals surface area contributed by atoms with Crippen LogP contribution in [0.5, 0.6) is 0 Å². The Labute approximate surface area is 123 Å². The van der Waals surface area contributed by atoms with Crippen LogP contribution in [0.3, 0.4) is 0 Å². The van der Waals surface area contributed by atoms with Gasteiger partial charge in [0.1, 0.15) is 4.90 Å². The van der Waals surface area contributed by atoms with E-state index in [1.807, 2.05) is 26.0 Å². The average Bonchev–Trinajstić information content (AvgIpc) is 2.32. The average molecular weight is 311 g/mol. The quantitative estimate of drug-likeness (QED) is 0.854. The van der Waals surface area contributed by atoms with E-state index in [2.05, 4.69) is 4.72 Å². The Morgan fingerprint density at radius 1 is 1.15 bits per heavy atom. The van der Waals surface area contributed by atoms with Crippen LogP contribution in [0.15, 0.2) is 41.3 Å². The van der Waals surface area contributed by atoms with E-state index in [-0.39, 0.29) is 15.6 Å². The van der Waals surface area contributed by atoms with Gasteiger partial charge in [-0.15, -0.1) is 0 Å². The van der Waals surface area contributed by atoms with Crippen molar-refractivity contribution in [3.63, 3.8) is 0 Å². The molecule has 0 heterocycles. The number of aryl methyl sites for hydroxylation is 2. The highest BCUT2D eigenvalue weighted by molar-refractivity contribution is 7.93. The molecular formula is C14H15ClN2O2S. The van der Waals surface area contributed by atoms with Crippen LogP contribution in [-0.4, -0.2) is 8.42 Å². The molecule has 0 radical (unpaired) electrons. The molecule has 4 nitrogen and oxygen atoms in total. The first-order valence-electron chi connectivity index (χ1n) is 5.95. The second-order valence-corrected chi connectivity index (χ2v) is 6.61. The maximum absolute atomic E-state index is 12.4. The highest BCUT2D eigenvalue weighted by atomic mass is 35.5. The van der Waals surface area contributed by atoms with Gasteiger partial charge in [0.2, 0.25) is 0 Å². The number of anilines is 2. The predicted octanol–water partition coefficient (Wildman–Crippen LogP) is 3.34. The summed E-state index contributed by atoms with van der Waals surface area (Å²) in [4.78, 5) is -0.0957. The van der Waals surface area contributed by atoms with Gasteiger partial charge in [-0.25, -0.2) is 8.42 Å². The zero-order chi connectivity index (χ0) is 14.9. The van der Waals surface area contributed by atoms with E-state index < -0.39 is 10.0 Å². The van der Waals surface area contributed by atoms with E-state index in [4.69, 9.17) is 17.3 Å². The predicted molar refractivity (Wildman–Crippen MR) is 82.6 cm³/mol. The molecule has 0 aromatic heterocycles. The molecule has 0 aliphatic rings. The van der Waals surface area contributed by atoms with Crippen LogP contribution in [0.25, 0.3) is 0 Å². The van der Waals surface area contributed by atoms with E-state index in [1.54, 1.807) is 12.1 Å². The molecule has 2 aromatic carbocycles. The number of nitrogens with one attached hydrogen (secondary N) is 1. The topological polar surface area (TPSA) is 72.2 Å². The highest BCUT2D eigenvalue weighted by Gasteiger charge is 2.21. The van der Waals surface area contributed by atoms with Gasteiger partial charge in [-0.1, -0.05) is 35.4 Å². The summed E-state index contributed by atoms with van der Waals surface area (Å²) in [5, 5.41) is 0.0993. The van der Waals surface area contributed by atoms with Crippen LogP contribution in [0, 0.1) is 13.8 Å². The van der Waals surface area contributed by atoms with Crippen molar-refractivity contribution >= 4 is 33.0 Å². The molecule has 0 unspecified atom stereocenters. The molecule has 0 bridgehead atoms. The maximum Gasteiger partial charge on any atom is 0.265 e. The van der Waals surface area contributed by atoms with Crippen molar-refractivity contribution in [2.45, 2.75) is 18.7 Å². The van der Waals surface area contributed by atoms with E-state index >= 15 is 0 Å². The van der Waals surface area contributed by atoms with Crippen molar-refractivity contribution in [2.75, 3.05) is 10.5 Å². The highest BCUT2D eigenvalue weighted by Crippen LogP contribution is 2.29. The van der Waals surface area contributed by atoms with Gasteiger partial charge < -0.3 is 5.73 Å². The lowest BCUT2D eigenvalue weighted by Crippen LogP contribution is -2.16. The number of rotatable bonds is 3. The van der Waals surface area contributed by atoms with Gasteiger partial charge in [-0.05, 0) is 37.6 Å². The molecule has 3 N–H and O–H groups in total. The lowest BCUT2D eigenvalue weighted by molar-refractivity contribution is 0.601. The third-order valence-electron chi connectivity index (χ3n) is 2.89. The molecule has 6 heteroatoms. The first kappa shape index (κ1) is 14.7. The fourth-order valence-electron chi connectivity index (χ4n) is 1.93. The van der Waals surface area contributed by atoms with E-state index in [9.17, 15) is 8.42 Å². The van der Waals surface area contributed by atoms with Gasteiger partial charge in [0.15, 0.2) is 0 Å². The van der Waals surface area contributed by atoms with E-state index in [0.717, 1.165) is 11.1 Å². The third-order valence-corrected chi connectivity index (χ3v) is 4.80. The summed E-state index contributed by atoms with van der Waals surface area (Å²) < 4.78 is 27.3. The molecule has 2 rings (SSSR count). The number of nitrogen functional groups attached to an aromatic ring is 1. The molecule has 20 heavy (non-hydrogen) atoms. The minimum Gasteiger partial charge on any atom is -0.398 e. The minimum atomic E-state index is -3.82. The number of hydrogen-bond acceptors (Lipinski definition) is 3. The van der Waals surface area contributed by atoms with Crippen LogP contribution in [-0.2, 0) is 10.0 Å². The fourth-order valence-corrected chi connectivity index (χ4v) is 3.74. The monoisotopic (exact) mass is 310 g/mol. The summed E-state index contributed by atoms with van der Waals surface area (Å²) in [6, 6.07) is 10.1. The largest absolute Gasteiger partial charge is 0.398 e. The Morgan fingerprint density at radius 2 is 1.85 bits per heavy atom. The molecule has 2 aromatic rings. The van der Waals surface area contributed by atoms with Crippen LogP contribution >= 0.6 is 11.6 Å². The maximum atomic E-state index is 12.4. The number of sulfonamides is 1. The van der Waals surface area contributed by atoms with Crippen molar-refractivity contribution < 1.29 is 8.42 Å². The molecule has 0 atom stereocenters. The number of hydrogen-bond donors (Lipinski definition) is 2. The Morgan fingerprint density at radius 3 is 2.45 bits per heavy atom. The molecule has 0 saturated carbocycles. The Kier molecular flexibility index (Phi) is 3.92. The lowest BCUT2D eigenvalue weighted by Gasteiger charge is -2.13. The molecule has 0 saturated heterocycles. The van der Waals surface area contributed by atoms with Crippen LogP contribution in [0.4, 0.5) is 11.4 Å². The molecular weight excluding hydrogens is 296 g/mol. The summed E-state index contributed by atoms with van der Waals surface area (Å²) in [6.45, 7) is 3.78. The standard InChI is InChI=1S/C14H15ClN2O2S/c1-9-6-7-13(10(2)8-9)17-20(18,19)14-11(15)4-3-5-12(14)16/h3-8,17H,16H2,1-2H3. The number of benzene rings is 2. The molecule has 0 spiro atoms. The van der Waals surface area contributed by atoms with Gasteiger partial charge in [0.25, 0.3) is 10.0 Å². The van der Waals surface area contributed by atoms with Crippen LogP contribution < -0.4 is 10.5 Å². The molecule has 0 amide bonds. The fraction of sp³-hybridized carbons (Fsp3) is 0.143. The Bertz CT molecular complexity index is 738. The first-order valence-corrected chi connectivity index (χ1v) is 7.81. The van der Waals surface area contributed by atoms with E-state index in [1.165, 1.54) is 12.1 Å². The Balaban J connectivity index is 2.46. The number of nitrogens with two attached hydrogens (primary N) is 1. The van der Waals surface area contributed by atoms with Crippen LogP contribution in [0.1, 0.15) is 11.1 Å². The molecule has 106 valence electrons. The normalized spacial score (nSPS) is 11.3. The van der Waals surface area contributed by atoms with Gasteiger partial charge in [0, 0.05) is 0 Å². The molecule has 0 aliphatic carbocycles. The Hall–Kier alpha value is -1.72. The van der Waals surface area contributed by atoms with Crippen molar-refractivity contribution in [1.82, 2.24) is 0 Å².